The lowest BCUT2D eigenvalue weighted by Gasteiger charge is -1.99. The van der Waals surface area contributed by atoms with Crippen molar-refractivity contribution < 1.29 is 14.0 Å². The van der Waals surface area contributed by atoms with Crippen LogP contribution in [-0.2, 0) is 14.0 Å². The summed E-state index contributed by atoms with van der Waals surface area (Å²) in [7, 11) is -0.632. The smallest absolute Gasteiger partial charge is 0.329 e. The lowest BCUT2D eigenvalue weighted by atomic mass is 10.7. The largest absolute Gasteiger partial charge is 0.464 e. The molecule has 0 aliphatic carbocycles. The molecular weight excluding hydrogens is 148 g/mol. The van der Waals surface area contributed by atoms with Crippen LogP contribution in [0.2, 0.25) is 0 Å². The summed E-state index contributed by atoms with van der Waals surface area (Å²) in [4.78, 5) is 10.4. The van der Waals surface area contributed by atoms with Gasteiger partial charge in [-0.3, -0.25) is 0 Å². The van der Waals surface area contributed by atoms with Gasteiger partial charge in [-0.05, 0) is 6.92 Å². The van der Waals surface area contributed by atoms with Crippen LogP contribution in [-0.4, -0.2) is 28.6 Å². The molecule has 0 N–H and O–H groups in total. The van der Waals surface area contributed by atoms with Gasteiger partial charge in [0.15, 0.2) is 0 Å². The van der Waals surface area contributed by atoms with Crippen LogP contribution in [0.1, 0.15) is 6.92 Å². The average Bonchev–Trinajstić information content (AvgIpc) is 1.98. The topological polar surface area (TPSA) is 35.5 Å². The lowest BCUT2D eigenvalue weighted by Crippen LogP contribution is -2.11. The molecule has 0 saturated heterocycles. The van der Waals surface area contributed by atoms with Crippen molar-refractivity contribution >= 4 is 15.7 Å². The van der Waals surface area contributed by atoms with Crippen molar-refractivity contribution in [2.75, 3.05) is 12.8 Å². The highest BCUT2D eigenvalue weighted by Gasteiger charge is 1.93. The molecular formula is C6H12O3Si. The predicted molar refractivity (Wildman–Crippen MR) is 41.3 cm³/mol. The summed E-state index contributed by atoms with van der Waals surface area (Å²) in [6.45, 7) is 5.88. The summed E-state index contributed by atoms with van der Waals surface area (Å²) < 4.78 is 9.73. The fraction of sp³-hybridized carbons (Fsp3) is 0.500. The fourth-order valence-corrected chi connectivity index (χ4v) is 1.10. The van der Waals surface area contributed by atoms with Crippen LogP contribution < -0.4 is 0 Å². The van der Waals surface area contributed by atoms with Gasteiger partial charge in [-0.1, -0.05) is 6.58 Å². The van der Waals surface area contributed by atoms with Crippen LogP contribution in [0.15, 0.2) is 12.7 Å². The molecule has 10 heavy (non-hydrogen) atoms. The van der Waals surface area contributed by atoms with Gasteiger partial charge in [0.25, 0.3) is 0 Å². The molecule has 0 aromatic carbocycles. The summed E-state index contributed by atoms with van der Waals surface area (Å²) in [6.07, 6.45) is 1.60. The summed E-state index contributed by atoms with van der Waals surface area (Å²) in [5.74, 6) is -0.368. The molecule has 0 aromatic heterocycles. The van der Waals surface area contributed by atoms with E-state index in [0.29, 0.717) is 12.8 Å². The fourth-order valence-electron chi connectivity index (χ4n) is 0.404. The number of rotatable bonds is 5. The first-order valence-corrected chi connectivity index (χ1v) is 4.76. The van der Waals surface area contributed by atoms with E-state index in [-0.39, 0.29) is 5.97 Å². The minimum Gasteiger partial charge on any atom is -0.464 e. The number of esters is 1. The third-order valence-corrected chi connectivity index (χ3v) is 1.91. The van der Waals surface area contributed by atoms with Gasteiger partial charge in [0, 0.05) is 12.7 Å². The van der Waals surface area contributed by atoms with Gasteiger partial charge in [0.1, 0.15) is 6.23 Å². The maximum Gasteiger partial charge on any atom is 0.329 e. The van der Waals surface area contributed by atoms with Crippen molar-refractivity contribution in [3.05, 3.63) is 12.7 Å². The van der Waals surface area contributed by atoms with Crippen molar-refractivity contribution in [2.24, 2.45) is 0 Å². The second-order valence-electron chi connectivity index (χ2n) is 1.57. The Morgan fingerprint density at radius 1 is 1.80 bits per heavy atom. The number of hydrogen-bond acceptors (Lipinski definition) is 3. The summed E-state index contributed by atoms with van der Waals surface area (Å²) in [5, 5.41) is 0. The second-order valence-corrected chi connectivity index (χ2v) is 2.79. The van der Waals surface area contributed by atoms with Crippen LogP contribution in [0, 0.1) is 0 Å². The van der Waals surface area contributed by atoms with Crippen LogP contribution in [0.4, 0.5) is 0 Å². The highest BCUT2D eigenvalue weighted by atomic mass is 28.2. The number of ether oxygens (including phenoxy) is 1. The van der Waals surface area contributed by atoms with Crippen LogP contribution >= 0.6 is 0 Å². The molecule has 0 unspecified atom stereocenters. The van der Waals surface area contributed by atoms with Crippen molar-refractivity contribution in [1.82, 2.24) is 0 Å². The van der Waals surface area contributed by atoms with Gasteiger partial charge in [0.05, 0.1) is 0 Å². The van der Waals surface area contributed by atoms with E-state index >= 15 is 0 Å². The molecule has 0 saturated carbocycles. The van der Waals surface area contributed by atoms with Crippen molar-refractivity contribution in [2.45, 2.75) is 6.92 Å². The molecule has 0 bridgehead atoms. The first-order chi connectivity index (χ1) is 4.81. The highest BCUT2D eigenvalue weighted by Crippen LogP contribution is 1.77. The quantitative estimate of drug-likeness (QED) is 0.242. The van der Waals surface area contributed by atoms with E-state index in [9.17, 15) is 4.79 Å². The van der Waals surface area contributed by atoms with E-state index in [1.807, 2.05) is 6.92 Å². The summed E-state index contributed by atoms with van der Waals surface area (Å²) in [5.41, 5.74) is 0. The van der Waals surface area contributed by atoms with Gasteiger partial charge in [-0.25, -0.2) is 4.79 Å². The van der Waals surface area contributed by atoms with E-state index in [4.69, 9.17) is 4.43 Å². The Balaban J connectivity index is 3.03. The molecule has 0 aliphatic rings. The van der Waals surface area contributed by atoms with E-state index in [1.54, 1.807) is 0 Å². The van der Waals surface area contributed by atoms with Crippen LogP contribution in [0.5, 0.6) is 0 Å². The van der Waals surface area contributed by atoms with E-state index in [1.165, 1.54) is 0 Å². The molecule has 3 nitrogen and oxygen atoms in total. The minimum absolute atomic E-state index is 0.368. The Kier molecular flexibility index (Phi) is 6.11. The normalized spacial score (nSPS) is 10.1. The minimum atomic E-state index is -0.632. The first-order valence-electron chi connectivity index (χ1n) is 3.18. The molecule has 0 amide bonds. The van der Waals surface area contributed by atoms with Crippen molar-refractivity contribution in [3.63, 3.8) is 0 Å². The molecule has 0 fully saturated rings. The zero-order valence-corrected chi connectivity index (χ0v) is 7.54. The summed E-state index contributed by atoms with van der Waals surface area (Å²) in [6, 6.07) is 0. The molecule has 0 radical (unpaired) electrons. The lowest BCUT2D eigenvalue weighted by molar-refractivity contribution is -0.136. The maximum atomic E-state index is 10.4. The van der Waals surface area contributed by atoms with Crippen LogP contribution in [0.25, 0.3) is 0 Å². The van der Waals surface area contributed by atoms with Gasteiger partial charge in [-0.2, -0.15) is 0 Å². The Morgan fingerprint density at radius 3 is 3.00 bits per heavy atom. The first kappa shape index (κ1) is 9.39. The highest BCUT2D eigenvalue weighted by molar-refractivity contribution is 6.27. The van der Waals surface area contributed by atoms with E-state index < -0.39 is 9.76 Å². The predicted octanol–water partition coefficient (Wildman–Crippen LogP) is -0.207. The van der Waals surface area contributed by atoms with Crippen LogP contribution in [0.3, 0.4) is 0 Å². The van der Waals surface area contributed by atoms with E-state index in [0.717, 1.165) is 6.08 Å². The van der Waals surface area contributed by atoms with Gasteiger partial charge in [-0.15, -0.1) is 0 Å². The molecule has 0 atom stereocenters. The average molecular weight is 160 g/mol. The number of carbonyl (C=O) groups is 1. The Labute approximate surface area is 63.0 Å². The third kappa shape index (κ3) is 5.52. The van der Waals surface area contributed by atoms with Crippen molar-refractivity contribution in [1.29, 1.82) is 0 Å². The number of carbonyl (C=O) groups excluding carboxylic acids is 1. The molecule has 0 rings (SSSR count). The Morgan fingerprint density at radius 2 is 2.50 bits per heavy atom. The number of hydrogen-bond donors (Lipinski definition) is 0. The molecule has 0 aliphatic heterocycles. The van der Waals surface area contributed by atoms with Gasteiger partial charge in [0.2, 0.25) is 9.76 Å². The Hall–Kier alpha value is -0.613. The molecule has 4 heteroatoms. The van der Waals surface area contributed by atoms with Gasteiger partial charge < -0.3 is 9.16 Å². The summed E-state index contributed by atoms with van der Waals surface area (Å²) >= 11 is 0. The molecule has 0 heterocycles. The van der Waals surface area contributed by atoms with E-state index in [2.05, 4.69) is 11.3 Å². The monoisotopic (exact) mass is 160 g/mol. The zero-order valence-electron chi connectivity index (χ0n) is 6.13. The van der Waals surface area contributed by atoms with Crippen molar-refractivity contribution in [3.8, 4) is 0 Å². The second kappa shape index (κ2) is 6.51. The SMILES string of the molecule is C=CC(=O)OC[SiH2]OCC. The molecule has 58 valence electrons. The third-order valence-electron chi connectivity index (χ3n) is 0.843. The zero-order chi connectivity index (χ0) is 7.82. The molecule has 0 aromatic rings. The van der Waals surface area contributed by atoms with Gasteiger partial charge >= 0.3 is 5.97 Å². The molecule has 0 spiro atoms. The maximum absolute atomic E-state index is 10.4. The Bertz CT molecular complexity index is 114. The standard InChI is InChI=1S/C6H12O3Si/c1-3-6(7)8-5-10-9-4-2/h3H,1,4-5,10H2,2H3.